The van der Waals surface area contributed by atoms with Crippen LogP contribution in [0.1, 0.15) is 25.3 Å². The highest BCUT2D eigenvalue weighted by Gasteiger charge is 2.12. The van der Waals surface area contributed by atoms with Gasteiger partial charge in [-0.25, -0.2) is 0 Å². The van der Waals surface area contributed by atoms with E-state index >= 15 is 0 Å². The summed E-state index contributed by atoms with van der Waals surface area (Å²) >= 11 is 1.70. The molecule has 0 spiro atoms. The van der Waals surface area contributed by atoms with Crippen LogP contribution in [0.5, 0.6) is 0 Å². The van der Waals surface area contributed by atoms with Gasteiger partial charge in [0.05, 0.1) is 6.04 Å². The van der Waals surface area contributed by atoms with Gasteiger partial charge in [-0.2, -0.15) is 0 Å². The molecule has 0 saturated carbocycles. The molecule has 2 rings (SSSR count). The summed E-state index contributed by atoms with van der Waals surface area (Å²) in [6.45, 7) is 2.53. The van der Waals surface area contributed by atoms with Crippen molar-refractivity contribution in [3.05, 3.63) is 60.2 Å². The number of hydrogen-bond donors (Lipinski definition) is 2. The summed E-state index contributed by atoms with van der Waals surface area (Å²) in [4.78, 5) is 14.3. The lowest BCUT2D eigenvalue weighted by atomic mass is 10.1. The van der Waals surface area contributed by atoms with Crippen LogP contribution in [-0.4, -0.2) is 11.9 Å². The Balaban J connectivity index is 2.01. The highest BCUT2D eigenvalue weighted by Crippen LogP contribution is 2.30. The van der Waals surface area contributed by atoms with Gasteiger partial charge in [0.1, 0.15) is 0 Å². The molecule has 4 heteroatoms. The number of nitrogens with two attached hydrogens (primary N) is 1. The van der Waals surface area contributed by atoms with Crippen LogP contribution < -0.4 is 11.1 Å². The van der Waals surface area contributed by atoms with Gasteiger partial charge in [-0.1, -0.05) is 61.5 Å². The van der Waals surface area contributed by atoms with Crippen LogP contribution >= 0.6 is 11.8 Å². The van der Waals surface area contributed by atoms with E-state index in [0.717, 1.165) is 16.9 Å². The van der Waals surface area contributed by atoms with Gasteiger partial charge in [-0.15, -0.1) is 0 Å². The van der Waals surface area contributed by atoms with E-state index in [1.54, 1.807) is 11.8 Å². The standard InChI is InChI=1S/C18H22N2OS/c1-2-8-16(19)18(21)20-13-14-9-6-7-12-17(14)22-15-10-4-3-5-11-15/h3-7,9-12,16H,2,8,13,19H2,1H3,(H,20,21). The fourth-order valence-electron chi connectivity index (χ4n) is 2.12. The summed E-state index contributed by atoms with van der Waals surface area (Å²) in [5.74, 6) is -0.0821. The minimum Gasteiger partial charge on any atom is -0.351 e. The quantitative estimate of drug-likeness (QED) is 0.821. The Hall–Kier alpha value is -1.78. The lowest BCUT2D eigenvalue weighted by Gasteiger charge is -2.13. The SMILES string of the molecule is CCCC(N)C(=O)NCc1ccccc1Sc1ccccc1. The van der Waals surface area contributed by atoms with E-state index in [9.17, 15) is 4.79 Å². The van der Waals surface area contributed by atoms with Gasteiger partial charge in [0.25, 0.3) is 0 Å². The monoisotopic (exact) mass is 314 g/mol. The molecule has 0 aliphatic heterocycles. The number of nitrogens with one attached hydrogen (secondary N) is 1. The van der Waals surface area contributed by atoms with Crippen molar-refractivity contribution < 1.29 is 4.79 Å². The van der Waals surface area contributed by atoms with Crippen LogP contribution in [0.15, 0.2) is 64.4 Å². The maximum Gasteiger partial charge on any atom is 0.237 e. The molecule has 0 aliphatic rings. The molecule has 3 nitrogen and oxygen atoms in total. The Morgan fingerprint density at radius 1 is 1.14 bits per heavy atom. The van der Waals surface area contributed by atoms with Gasteiger partial charge >= 0.3 is 0 Å². The van der Waals surface area contributed by atoms with Crippen LogP contribution in [0, 0.1) is 0 Å². The van der Waals surface area contributed by atoms with E-state index in [1.165, 1.54) is 4.90 Å². The average Bonchev–Trinajstić information content (AvgIpc) is 2.55. The van der Waals surface area contributed by atoms with Crippen molar-refractivity contribution in [2.45, 2.75) is 42.1 Å². The van der Waals surface area contributed by atoms with Gasteiger partial charge in [-0.05, 0) is 30.2 Å². The Morgan fingerprint density at radius 3 is 2.55 bits per heavy atom. The smallest absolute Gasteiger partial charge is 0.237 e. The Kier molecular flexibility index (Phi) is 6.49. The lowest BCUT2D eigenvalue weighted by molar-refractivity contribution is -0.122. The molecule has 0 aliphatic carbocycles. The maximum absolute atomic E-state index is 11.9. The molecular weight excluding hydrogens is 292 g/mol. The molecule has 2 aromatic rings. The van der Waals surface area contributed by atoms with Gasteiger partial charge in [-0.3, -0.25) is 4.79 Å². The summed E-state index contributed by atoms with van der Waals surface area (Å²) in [5.41, 5.74) is 6.94. The van der Waals surface area contributed by atoms with Gasteiger partial charge in [0, 0.05) is 16.3 Å². The average molecular weight is 314 g/mol. The number of amides is 1. The lowest BCUT2D eigenvalue weighted by Crippen LogP contribution is -2.40. The number of hydrogen-bond acceptors (Lipinski definition) is 3. The normalized spacial score (nSPS) is 11.9. The van der Waals surface area contributed by atoms with Crippen LogP contribution in [0.25, 0.3) is 0 Å². The molecular formula is C18H22N2OS. The fraction of sp³-hybridized carbons (Fsp3) is 0.278. The molecule has 3 N–H and O–H groups in total. The zero-order valence-corrected chi connectivity index (χ0v) is 13.6. The molecule has 2 aromatic carbocycles. The zero-order valence-electron chi connectivity index (χ0n) is 12.8. The van der Waals surface area contributed by atoms with Gasteiger partial charge in [0.2, 0.25) is 5.91 Å². The first-order valence-corrected chi connectivity index (χ1v) is 8.36. The number of benzene rings is 2. The van der Waals surface area contributed by atoms with Crippen molar-refractivity contribution in [2.75, 3.05) is 0 Å². The highest BCUT2D eigenvalue weighted by atomic mass is 32.2. The molecule has 0 bridgehead atoms. The molecule has 1 amide bonds. The molecule has 1 atom stereocenters. The Bertz CT molecular complexity index is 601. The van der Waals surface area contributed by atoms with Crippen molar-refractivity contribution in [2.24, 2.45) is 5.73 Å². The van der Waals surface area contributed by atoms with Crippen LogP contribution in [0.4, 0.5) is 0 Å². The third kappa shape index (κ3) is 4.90. The van der Waals surface area contributed by atoms with Crippen molar-refractivity contribution in [1.82, 2.24) is 5.32 Å². The largest absolute Gasteiger partial charge is 0.351 e. The molecule has 0 saturated heterocycles. The molecule has 0 heterocycles. The van der Waals surface area contributed by atoms with Crippen molar-refractivity contribution in [1.29, 1.82) is 0 Å². The van der Waals surface area contributed by atoms with E-state index in [0.29, 0.717) is 13.0 Å². The number of carbonyl (C=O) groups is 1. The minimum absolute atomic E-state index is 0.0821. The minimum atomic E-state index is -0.418. The third-order valence-electron chi connectivity index (χ3n) is 3.33. The molecule has 22 heavy (non-hydrogen) atoms. The fourth-order valence-corrected chi connectivity index (χ4v) is 3.09. The number of carbonyl (C=O) groups excluding carboxylic acids is 1. The van der Waals surface area contributed by atoms with Crippen molar-refractivity contribution in [3.63, 3.8) is 0 Å². The topological polar surface area (TPSA) is 55.1 Å². The van der Waals surface area contributed by atoms with E-state index < -0.39 is 6.04 Å². The van der Waals surface area contributed by atoms with E-state index in [2.05, 4.69) is 23.5 Å². The highest BCUT2D eigenvalue weighted by molar-refractivity contribution is 7.99. The first-order chi connectivity index (χ1) is 10.7. The third-order valence-corrected chi connectivity index (χ3v) is 4.46. The predicted octanol–water partition coefficient (Wildman–Crippen LogP) is 3.58. The second-order valence-electron chi connectivity index (χ2n) is 5.14. The zero-order chi connectivity index (χ0) is 15.8. The Morgan fingerprint density at radius 2 is 1.82 bits per heavy atom. The first kappa shape index (κ1) is 16.6. The second-order valence-corrected chi connectivity index (χ2v) is 6.25. The molecule has 1 unspecified atom stereocenters. The summed E-state index contributed by atoms with van der Waals surface area (Å²) in [7, 11) is 0. The Labute approximate surface area is 136 Å². The first-order valence-electron chi connectivity index (χ1n) is 7.54. The predicted molar refractivity (Wildman–Crippen MR) is 91.7 cm³/mol. The molecule has 116 valence electrons. The van der Waals surface area contributed by atoms with Crippen molar-refractivity contribution >= 4 is 17.7 Å². The van der Waals surface area contributed by atoms with Crippen LogP contribution in [0.3, 0.4) is 0 Å². The van der Waals surface area contributed by atoms with Crippen molar-refractivity contribution in [3.8, 4) is 0 Å². The summed E-state index contributed by atoms with van der Waals surface area (Å²) in [6, 6.07) is 17.9. The number of rotatable bonds is 7. The second kappa shape index (κ2) is 8.61. The summed E-state index contributed by atoms with van der Waals surface area (Å²) in [5, 5.41) is 2.93. The van der Waals surface area contributed by atoms with E-state index in [1.807, 2.05) is 43.3 Å². The molecule has 0 aromatic heterocycles. The van der Waals surface area contributed by atoms with Gasteiger partial charge in [0.15, 0.2) is 0 Å². The summed E-state index contributed by atoms with van der Waals surface area (Å²) < 4.78 is 0. The van der Waals surface area contributed by atoms with Crippen LogP contribution in [-0.2, 0) is 11.3 Å². The molecule has 0 fully saturated rings. The molecule has 0 radical (unpaired) electrons. The summed E-state index contributed by atoms with van der Waals surface area (Å²) in [6.07, 6.45) is 1.63. The van der Waals surface area contributed by atoms with E-state index in [4.69, 9.17) is 5.73 Å². The van der Waals surface area contributed by atoms with E-state index in [-0.39, 0.29) is 5.91 Å². The van der Waals surface area contributed by atoms with Crippen LogP contribution in [0.2, 0.25) is 0 Å². The maximum atomic E-state index is 11.9. The van der Waals surface area contributed by atoms with Gasteiger partial charge < -0.3 is 11.1 Å².